The van der Waals surface area contributed by atoms with Crippen molar-refractivity contribution in [1.82, 2.24) is 14.5 Å². The van der Waals surface area contributed by atoms with E-state index in [0.29, 0.717) is 19.6 Å². The molecule has 1 amide bonds. The van der Waals surface area contributed by atoms with E-state index >= 15 is 0 Å². The predicted octanol–water partition coefficient (Wildman–Crippen LogP) is 4.82. The molecule has 4 rings (SSSR count). The van der Waals surface area contributed by atoms with Crippen molar-refractivity contribution >= 4 is 27.5 Å². The van der Waals surface area contributed by atoms with Gasteiger partial charge in [0.15, 0.2) is 0 Å². The zero-order chi connectivity index (χ0) is 24.0. The van der Waals surface area contributed by atoms with Crippen LogP contribution in [0.2, 0.25) is 5.02 Å². The Hall–Kier alpha value is -1.93. The van der Waals surface area contributed by atoms with Crippen molar-refractivity contribution in [2.24, 2.45) is 0 Å². The summed E-state index contributed by atoms with van der Waals surface area (Å²) in [6.07, 6.45) is 7.62. The molecule has 2 aromatic carbocycles. The Kier molecular flexibility index (Phi) is 8.64. The second-order valence-corrected chi connectivity index (χ2v) is 11.6. The monoisotopic (exact) mass is 503 g/mol. The first-order chi connectivity index (χ1) is 16.4. The number of carbonyl (C=O) groups excluding carboxylic acids is 1. The van der Waals surface area contributed by atoms with E-state index in [-0.39, 0.29) is 21.4 Å². The Morgan fingerprint density at radius 1 is 0.853 bits per heavy atom. The van der Waals surface area contributed by atoms with Gasteiger partial charge in [0.25, 0.3) is 5.91 Å². The largest absolute Gasteiger partial charge is 0.348 e. The molecule has 2 saturated heterocycles. The molecular formula is C26H34ClN3O3S. The lowest BCUT2D eigenvalue weighted by molar-refractivity contribution is 0.0951. The van der Waals surface area contributed by atoms with E-state index in [1.54, 1.807) is 0 Å². The van der Waals surface area contributed by atoms with E-state index < -0.39 is 10.0 Å². The second-order valence-electron chi connectivity index (χ2n) is 9.30. The third kappa shape index (κ3) is 6.39. The van der Waals surface area contributed by atoms with Crippen LogP contribution in [-0.2, 0) is 23.1 Å². The van der Waals surface area contributed by atoms with Gasteiger partial charge in [-0.25, -0.2) is 8.42 Å². The van der Waals surface area contributed by atoms with E-state index in [4.69, 9.17) is 11.6 Å². The first-order valence-electron chi connectivity index (χ1n) is 12.3. The second kappa shape index (κ2) is 11.7. The molecule has 1 N–H and O–H groups in total. The zero-order valence-corrected chi connectivity index (χ0v) is 21.2. The fraction of sp³-hybridized carbons (Fsp3) is 0.500. The summed E-state index contributed by atoms with van der Waals surface area (Å²) >= 11 is 6.29. The van der Waals surface area contributed by atoms with Crippen LogP contribution in [0.15, 0.2) is 47.4 Å². The van der Waals surface area contributed by atoms with Gasteiger partial charge in [0.2, 0.25) is 10.0 Å². The Morgan fingerprint density at radius 3 is 2.24 bits per heavy atom. The molecule has 0 saturated carbocycles. The molecule has 2 aromatic rings. The fourth-order valence-electron chi connectivity index (χ4n) is 4.76. The van der Waals surface area contributed by atoms with Gasteiger partial charge in [-0.3, -0.25) is 9.69 Å². The number of rotatable bonds is 7. The Bertz CT molecular complexity index is 1090. The number of benzene rings is 2. The van der Waals surface area contributed by atoms with Crippen LogP contribution in [-0.4, -0.2) is 49.7 Å². The molecule has 2 aliphatic rings. The van der Waals surface area contributed by atoms with Gasteiger partial charge in [-0.2, -0.15) is 4.31 Å². The van der Waals surface area contributed by atoms with Crippen molar-refractivity contribution < 1.29 is 13.2 Å². The molecule has 2 aliphatic heterocycles. The number of hydrogen-bond acceptors (Lipinski definition) is 4. The smallest absolute Gasteiger partial charge is 0.253 e. The standard InChI is InChI=1S/C26H34ClN3O3S/c27-25-12-11-23(34(32,33)30-15-6-1-2-7-16-30)18-24(25)26(31)28-19-21-9-8-10-22(17-21)20-29-13-4-3-5-14-29/h8-12,17-18H,1-7,13-16,19-20H2,(H,28,31). The van der Waals surface area contributed by atoms with Gasteiger partial charge in [0.1, 0.15) is 0 Å². The van der Waals surface area contributed by atoms with E-state index in [0.717, 1.165) is 50.9 Å². The van der Waals surface area contributed by atoms with Gasteiger partial charge in [0.05, 0.1) is 15.5 Å². The number of halogens is 1. The summed E-state index contributed by atoms with van der Waals surface area (Å²) in [6, 6.07) is 12.6. The van der Waals surface area contributed by atoms with E-state index in [1.165, 1.54) is 47.3 Å². The highest BCUT2D eigenvalue weighted by molar-refractivity contribution is 7.89. The van der Waals surface area contributed by atoms with Crippen LogP contribution in [0.25, 0.3) is 0 Å². The topological polar surface area (TPSA) is 69.7 Å². The molecule has 0 aromatic heterocycles. The zero-order valence-electron chi connectivity index (χ0n) is 19.6. The van der Waals surface area contributed by atoms with Crippen LogP contribution >= 0.6 is 11.6 Å². The maximum Gasteiger partial charge on any atom is 0.253 e. The summed E-state index contributed by atoms with van der Waals surface area (Å²) in [7, 11) is -3.66. The number of nitrogens with zero attached hydrogens (tertiary/aromatic N) is 2. The Labute approximate surface area is 208 Å². The van der Waals surface area contributed by atoms with Gasteiger partial charge in [-0.15, -0.1) is 0 Å². The summed E-state index contributed by atoms with van der Waals surface area (Å²) in [5.41, 5.74) is 2.42. The Balaban J connectivity index is 1.42. The van der Waals surface area contributed by atoms with Crippen molar-refractivity contribution in [3.05, 3.63) is 64.2 Å². The number of sulfonamides is 1. The number of likely N-dealkylation sites (tertiary alicyclic amines) is 1. The third-order valence-electron chi connectivity index (χ3n) is 6.68. The van der Waals surface area contributed by atoms with Gasteiger partial charge < -0.3 is 5.32 Å². The quantitative estimate of drug-likeness (QED) is 0.588. The molecule has 2 fully saturated rings. The predicted molar refractivity (Wildman–Crippen MR) is 135 cm³/mol. The SMILES string of the molecule is O=C(NCc1cccc(CN2CCCCC2)c1)c1cc(S(=O)(=O)N2CCCCCC2)ccc1Cl. The summed E-state index contributed by atoms with van der Waals surface area (Å²) in [6.45, 7) is 4.57. The minimum atomic E-state index is -3.66. The van der Waals surface area contributed by atoms with Gasteiger partial charge in [0, 0.05) is 26.2 Å². The third-order valence-corrected chi connectivity index (χ3v) is 8.91. The molecular weight excluding hydrogens is 470 g/mol. The molecule has 0 radical (unpaired) electrons. The minimum absolute atomic E-state index is 0.118. The van der Waals surface area contributed by atoms with Crippen molar-refractivity contribution in [2.75, 3.05) is 26.2 Å². The van der Waals surface area contributed by atoms with E-state index in [9.17, 15) is 13.2 Å². The van der Waals surface area contributed by atoms with E-state index in [1.807, 2.05) is 12.1 Å². The van der Waals surface area contributed by atoms with Crippen LogP contribution in [0.3, 0.4) is 0 Å². The normalized spacial score (nSPS) is 18.4. The van der Waals surface area contributed by atoms with Crippen molar-refractivity contribution in [2.45, 2.75) is 62.9 Å². The molecule has 0 bridgehead atoms. The van der Waals surface area contributed by atoms with Gasteiger partial charge in [-0.1, -0.05) is 55.1 Å². The summed E-state index contributed by atoms with van der Waals surface area (Å²) in [5, 5.41) is 3.15. The highest BCUT2D eigenvalue weighted by Gasteiger charge is 2.26. The van der Waals surface area contributed by atoms with Crippen molar-refractivity contribution in [3.63, 3.8) is 0 Å². The molecule has 8 heteroatoms. The van der Waals surface area contributed by atoms with Crippen LogP contribution in [0.1, 0.15) is 66.4 Å². The summed E-state index contributed by atoms with van der Waals surface area (Å²) < 4.78 is 27.8. The molecule has 184 valence electrons. The number of hydrogen-bond donors (Lipinski definition) is 1. The molecule has 0 unspecified atom stereocenters. The van der Waals surface area contributed by atoms with Gasteiger partial charge in [-0.05, 0) is 68.1 Å². The molecule has 0 atom stereocenters. The Morgan fingerprint density at radius 2 is 1.50 bits per heavy atom. The van der Waals surface area contributed by atoms with Crippen LogP contribution < -0.4 is 5.32 Å². The number of piperidine rings is 1. The van der Waals surface area contributed by atoms with Crippen LogP contribution in [0.5, 0.6) is 0 Å². The van der Waals surface area contributed by atoms with Gasteiger partial charge >= 0.3 is 0 Å². The van der Waals surface area contributed by atoms with Crippen molar-refractivity contribution in [1.29, 1.82) is 0 Å². The van der Waals surface area contributed by atoms with Crippen LogP contribution in [0, 0.1) is 0 Å². The van der Waals surface area contributed by atoms with E-state index in [2.05, 4.69) is 22.3 Å². The first-order valence-corrected chi connectivity index (χ1v) is 14.1. The average Bonchev–Trinajstić information content (AvgIpc) is 3.14. The maximum absolute atomic E-state index is 13.2. The minimum Gasteiger partial charge on any atom is -0.348 e. The first kappa shape index (κ1) is 25.2. The highest BCUT2D eigenvalue weighted by Crippen LogP contribution is 2.25. The molecule has 6 nitrogen and oxygen atoms in total. The molecule has 0 aliphatic carbocycles. The molecule has 34 heavy (non-hydrogen) atoms. The molecule has 0 spiro atoms. The number of nitrogens with one attached hydrogen (secondary N) is 1. The number of carbonyl (C=O) groups is 1. The maximum atomic E-state index is 13.2. The summed E-state index contributed by atoms with van der Waals surface area (Å²) in [4.78, 5) is 15.5. The van der Waals surface area contributed by atoms with Crippen molar-refractivity contribution in [3.8, 4) is 0 Å². The molecule has 2 heterocycles. The lowest BCUT2D eigenvalue weighted by Crippen LogP contribution is -2.32. The lowest BCUT2D eigenvalue weighted by Gasteiger charge is -2.26. The fourth-order valence-corrected chi connectivity index (χ4v) is 6.51. The average molecular weight is 504 g/mol. The van der Waals surface area contributed by atoms with Crippen LogP contribution in [0.4, 0.5) is 0 Å². The summed E-state index contributed by atoms with van der Waals surface area (Å²) in [5.74, 6) is -0.376. The highest BCUT2D eigenvalue weighted by atomic mass is 35.5. The number of amides is 1. The lowest BCUT2D eigenvalue weighted by atomic mass is 10.1.